The van der Waals surface area contributed by atoms with E-state index < -0.39 is 10.8 Å². The lowest BCUT2D eigenvalue weighted by Crippen LogP contribution is -1.88. The predicted molar refractivity (Wildman–Crippen MR) is 44.2 cm³/mol. The van der Waals surface area contributed by atoms with E-state index in [1.807, 2.05) is 0 Å². The van der Waals surface area contributed by atoms with E-state index in [2.05, 4.69) is 0 Å². The quantitative estimate of drug-likeness (QED) is 0.462. The second-order valence-corrected chi connectivity index (χ2v) is 3.54. The van der Waals surface area contributed by atoms with Crippen LogP contribution in [0, 0.1) is 0 Å². The fourth-order valence-electron chi connectivity index (χ4n) is 0.667. The summed E-state index contributed by atoms with van der Waals surface area (Å²) in [7, 11) is -0.756. The highest BCUT2D eigenvalue weighted by atomic mass is 32.2. The molecule has 0 radical (unpaired) electrons. The Morgan fingerprint density at radius 1 is 1.70 bits per heavy atom. The van der Waals surface area contributed by atoms with Crippen LogP contribution in [0.1, 0.15) is 6.92 Å². The average Bonchev–Trinajstić information content (AvgIpc) is 1.95. The molecule has 0 amide bonds. The van der Waals surface area contributed by atoms with Crippen molar-refractivity contribution >= 4 is 22.4 Å². The van der Waals surface area contributed by atoms with E-state index in [1.54, 1.807) is 24.4 Å². The maximum absolute atomic E-state index is 10.2. The van der Waals surface area contributed by atoms with E-state index in [1.165, 1.54) is 0 Å². The zero-order chi connectivity index (χ0) is 7.56. The molecule has 1 heterocycles. The van der Waals surface area contributed by atoms with Gasteiger partial charge >= 0.3 is 0 Å². The first kappa shape index (κ1) is 7.44. The number of carbonyl (C=O) groups is 1. The Morgan fingerprint density at radius 3 is 2.90 bits per heavy atom. The molecule has 10 heavy (non-hydrogen) atoms. The molecule has 0 spiro atoms. The highest BCUT2D eigenvalue weighted by molar-refractivity contribution is 8.13. The summed E-state index contributed by atoms with van der Waals surface area (Å²) in [5.74, 6) is 0. The minimum Gasteiger partial charge on any atom is -0.333 e. The van der Waals surface area contributed by atoms with Crippen molar-refractivity contribution in [2.24, 2.45) is 0 Å². The molecule has 0 aliphatic carbocycles. The highest BCUT2D eigenvalue weighted by Gasteiger charge is 1.99. The maximum Gasteiger partial charge on any atom is 0.150 e. The molecule has 0 saturated carbocycles. The molecule has 3 heteroatoms. The number of rotatable bonds is 1. The van der Waals surface area contributed by atoms with E-state index in [0.717, 1.165) is 11.2 Å². The molecule has 1 unspecified atom stereocenters. The van der Waals surface area contributed by atoms with Gasteiger partial charge in [0.1, 0.15) is 6.29 Å². The van der Waals surface area contributed by atoms with E-state index in [0.29, 0.717) is 5.57 Å². The normalized spacial score (nSPS) is 24.4. The topological polar surface area (TPSA) is 37.3 Å². The van der Waals surface area contributed by atoms with Gasteiger partial charge in [-0.1, -0.05) is 0 Å². The number of allylic oxidation sites excluding steroid dienone is 4. The molecule has 0 bridgehead atoms. The van der Waals surface area contributed by atoms with Gasteiger partial charge in [0.2, 0.25) is 0 Å². The lowest BCUT2D eigenvalue weighted by molar-refractivity contribution is -0.104. The Kier molecular flexibility index (Phi) is 2.19. The van der Waals surface area contributed by atoms with Gasteiger partial charge in [0, 0.05) is 10.5 Å². The first-order valence-electron chi connectivity index (χ1n) is 2.85. The molecule has 0 aromatic heterocycles. The van der Waals surface area contributed by atoms with E-state index in [4.69, 9.17) is 4.55 Å². The summed E-state index contributed by atoms with van der Waals surface area (Å²) in [6.07, 6.45) is 4.09. The van der Waals surface area contributed by atoms with Crippen LogP contribution >= 0.6 is 10.8 Å². The fraction of sp³-hybridized carbons (Fsp3) is 0.143. The van der Waals surface area contributed by atoms with Crippen molar-refractivity contribution in [3.05, 3.63) is 22.6 Å². The van der Waals surface area contributed by atoms with E-state index in [9.17, 15) is 4.79 Å². The van der Waals surface area contributed by atoms with Crippen molar-refractivity contribution in [2.45, 2.75) is 6.92 Å². The molecule has 1 atom stereocenters. The van der Waals surface area contributed by atoms with Gasteiger partial charge in [0.15, 0.2) is 0 Å². The molecular formula is C7H8O2S. The van der Waals surface area contributed by atoms with Crippen molar-refractivity contribution in [2.75, 3.05) is 0 Å². The molecule has 2 nitrogen and oxygen atoms in total. The molecule has 0 aromatic carbocycles. The van der Waals surface area contributed by atoms with Crippen LogP contribution in [0.2, 0.25) is 0 Å². The number of hydrogen-bond acceptors (Lipinski definition) is 2. The van der Waals surface area contributed by atoms with Gasteiger partial charge in [-0.2, -0.15) is 0 Å². The van der Waals surface area contributed by atoms with Crippen molar-refractivity contribution in [3.63, 3.8) is 0 Å². The molecule has 54 valence electrons. The van der Waals surface area contributed by atoms with Crippen molar-refractivity contribution in [1.29, 1.82) is 0 Å². The van der Waals surface area contributed by atoms with Crippen LogP contribution in [0.3, 0.4) is 0 Å². The van der Waals surface area contributed by atoms with Gasteiger partial charge in [-0.05, 0) is 35.2 Å². The Hall–Kier alpha value is -0.670. The largest absolute Gasteiger partial charge is 0.333 e. The van der Waals surface area contributed by atoms with Crippen molar-refractivity contribution in [3.8, 4) is 0 Å². The lowest BCUT2D eigenvalue weighted by Gasteiger charge is -2.04. The summed E-state index contributed by atoms with van der Waals surface area (Å²) < 4.78 is 9.13. The van der Waals surface area contributed by atoms with Crippen LogP contribution in [-0.4, -0.2) is 16.2 Å². The van der Waals surface area contributed by atoms with Crippen molar-refractivity contribution in [1.82, 2.24) is 0 Å². The summed E-state index contributed by atoms with van der Waals surface area (Å²) >= 11 is 0. The third-order valence-electron chi connectivity index (χ3n) is 1.23. The second-order valence-electron chi connectivity index (χ2n) is 1.99. The average molecular weight is 156 g/mol. The van der Waals surface area contributed by atoms with Crippen LogP contribution in [0.4, 0.5) is 0 Å². The van der Waals surface area contributed by atoms with Crippen LogP contribution in [-0.2, 0) is 4.79 Å². The monoisotopic (exact) mass is 156 g/mol. The van der Waals surface area contributed by atoms with E-state index in [-0.39, 0.29) is 0 Å². The lowest BCUT2D eigenvalue weighted by atomic mass is 10.2. The van der Waals surface area contributed by atoms with Gasteiger partial charge in [0.05, 0.1) is 0 Å². The third kappa shape index (κ3) is 1.43. The fourth-order valence-corrected chi connectivity index (χ4v) is 1.42. The zero-order valence-corrected chi connectivity index (χ0v) is 6.39. The molecule has 1 N–H and O–H groups in total. The Morgan fingerprint density at radius 2 is 2.40 bits per heavy atom. The van der Waals surface area contributed by atoms with Crippen LogP contribution in [0.25, 0.3) is 0 Å². The first-order chi connectivity index (χ1) is 4.74. The first-order valence-corrected chi connectivity index (χ1v) is 4.09. The number of hydrogen-bond donors (Lipinski definition) is 1. The zero-order valence-electron chi connectivity index (χ0n) is 5.57. The second kappa shape index (κ2) is 2.94. The molecule has 0 aromatic rings. The third-order valence-corrected chi connectivity index (χ3v) is 2.40. The minimum atomic E-state index is -0.756. The highest BCUT2D eigenvalue weighted by Crippen LogP contribution is 2.23. The molecular weight excluding hydrogens is 148 g/mol. The smallest absolute Gasteiger partial charge is 0.150 e. The Bertz CT molecular complexity index is 248. The summed E-state index contributed by atoms with van der Waals surface area (Å²) in [6.45, 7) is 1.80. The van der Waals surface area contributed by atoms with Gasteiger partial charge in [0.25, 0.3) is 0 Å². The van der Waals surface area contributed by atoms with Crippen LogP contribution < -0.4 is 0 Å². The SMILES string of the molecule is CC1=CC(C=O)=CC=S1O. The Balaban J connectivity index is 3.00. The van der Waals surface area contributed by atoms with Gasteiger partial charge < -0.3 is 4.55 Å². The standard InChI is InChI=1S/C7H8O2S/c1-6-4-7(5-8)2-3-10(6)9/h2-5,9H,1H3. The predicted octanol–water partition coefficient (Wildman–Crippen LogP) is 1.57. The molecule has 1 aliphatic rings. The van der Waals surface area contributed by atoms with Crippen molar-refractivity contribution < 1.29 is 9.35 Å². The Labute approximate surface area is 62.0 Å². The molecule has 0 saturated heterocycles. The number of carbonyl (C=O) groups excluding carboxylic acids is 1. The summed E-state index contributed by atoms with van der Waals surface area (Å²) in [5, 5.41) is 1.62. The van der Waals surface area contributed by atoms with E-state index >= 15 is 0 Å². The molecule has 0 fully saturated rings. The summed E-state index contributed by atoms with van der Waals surface area (Å²) in [5.41, 5.74) is 0.621. The van der Waals surface area contributed by atoms with Gasteiger partial charge in [-0.25, -0.2) is 0 Å². The summed E-state index contributed by atoms with van der Waals surface area (Å²) in [4.78, 5) is 11.0. The van der Waals surface area contributed by atoms with Gasteiger partial charge in [-0.3, -0.25) is 4.79 Å². The maximum atomic E-state index is 10.2. The van der Waals surface area contributed by atoms with Crippen LogP contribution in [0.15, 0.2) is 22.6 Å². The molecule has 1 rings (SSSR count). The van der Waals surface area contributed by atoms with Crippen LogP contribution in [0.5, 0.6) is 0 Å². The summed E-state index contributed by atoms with van der Waals surface area (Å²) in [6, 6.07) is 0. The number of aldehydes is 1. The molecule has 1 aliphatic heterocycles. The minimum absolute atomic E-state index is 0.621. The van der Waals surface area contributed by atoms with Gasteiger partial charge in [-0.15, -0.1) is 0 Å².